The molecule has 0 saturated heterocycles. The minimum atomic E-state index is 0.648. The van der Waals surface area contributed by atoms with Crippen molar-refractivity contribution in [3.63, 3.8) is 0 Å². The number of pyridine rings is 1. The van der Waals surface area contributed by atoms with Gasteiger partial charge in [-0.15, -0.1) is 0 Å². The second kappa shape index (κ2) is 5.08. The molecular weight excluding hydrogens is 184 g/mol. The molecule has 1 aromatic heterocycles. The summed E-state index contributed by atoms with van der Waals surface area (Å²) in [5, 5.41) is 3.59. The summed E-state index contributed by atoms with van der Waals surface area (Å²) in [6, 6.07) is 2.72. The van der Waals surface area contributed by atoms with Gasteiger partial charge in [0.05, 0.1) is 0 Å². The maximum absolute atomic E-state index is 4.16. The van der Waals surface area contributed by atoms with Gasteiger partial charge in [0.25, 0.3) is 0 Å². The Labute approximate surface area is 91.4 Å². The lowest BCUT2D eigenvalue weighted by Crippen LogP contribution is -2.29. The Kier molecular flexibility index (Phi) is 3.51. The molecule has 2 nitrogen and oxygen atoms in total. The zero-order chi connectivity index (χ0) is 10.5. The average Bonchev–Trinajstić information content (AvgIpc) is 2.29. The predicted molar refractivity (Wildman–Crippen MR) is 62.6 cm³/mol. The zero-order valence-electron chi connectivity index (χ0n) is 9.24. The largest absolute Gasteiger partial charge is 0.310 e. The Morgan fingerprint density at radius 1 is 1.47 bits per heavy atom. The number of allylic oxidation sites excluding steroid dienone is 1. The Hall–Kier alpha value is -1.15. The minimum Gasteiger partial charge on any atom is -0.310 e. The van der Waals surface area contributed by atoms with Crippen LogP contribution in [0.4, 0.5) is 0 Å². The van der Waals surface area contributed by atoms with E-state index in [4.69, 9.17) is 0 Å². The summed E-state index contributed by atoms with van der Waals surface area (Å²) in [5.74, 6) is 0. The molecule has 1 atom stereocenters. The number of rotatable bonds is 3. The van der Waals surface area contributed by atoms with E-state index in [0.717, 1.165) is 6.54 Å². The van der Waals surface area contributed by atoms with Crippen molar-refractivity contribution in [2.24, 2.45) is 0 Å². The molecule has 0 fully saturated rings. The summed E-state index contributed by atoms with van der Waals surface area (Å²) >= 11 is 0. The normalized spacial score (nSPS) is 20.5. The highest BCUT2D eigenvalue weighted by molar-refractivity contribution is 5.21. The number of nitrogens with one attached hydrogen (secondary N) is 1. The molecule has 1 unspecified atom stereocenters. The molecule has 0 spiro atoms. The topological polar surface area (TPSA) is 24.9 Å². The van der Waals surface area contributed by atoms with Crippen LogP contribution in [0.5, 0.6) is 0 Å². The summed E-state index contributed by atoms with van der Waals surface area (Å²) in [7, 11) is 0. The van der Waals surface area contributed by atoms with Gasteiger partial charge in [0.15, 0.2) is 0 Å². The van der Waals surface area contributed by atoms with Crippen LogP contribution in [0.25, 0.3) is 0 Å². The van der Waals surface area contributed by atoms with Crippen molar-refractivity contribution in [3.8, 4) is 0 Å². The molecule has 0 bridgehead atoms. The summed E-state index contributed by atoms with van der Waals surface area (Å²) in [4.78, 5) is 4.16. The first-order valence-corrected chi connectivity index (χ1v) is 5.64. The lowest BCUT2D eigenvalue weighted by atomic mass is 10.0. The van der Waals surface area contributed by atoms with Crippen LogP contribution in [0.15, 0.2) is 30.6 Å². The van der Waals surface area contributed by atoms with Crippen molar-refractivity contribution in [2.75, 3.05) is 0 Å². The fraction of sp³-hybridized carbons (Fsp3) is 0.462. The van der Waals surface area contributed by atoms with Crippen molar-refractivity contribution < 1.29 is 0 Å². The van der Waals surface area contributed by atoms with Gasteiger partial charge in [-0.05, 0) is 43.4 Å². The fourth-order valence-corrected chi connectivity index (χ4v) is 1.92. The van der Waals surface area contributed by atoms with Crippen LogP contribution in [0.1, 0.15) is 30.4 Å². The van der Waals surface area contributed by atoms with Crippen LogP contribution in [0.2, 0.25) is 0 Å². The molecule has 1 heterocycles. The fourth-order valence-electron chi connectivity index (χ4n) is 1.92. The van der Waals surface area contributed by atoms with Crippen LogP contribution in [-0.2, 0) is 6.54 Å². The van der Waals surface area contributed by atoms with E-state index < -0.39 is 0 Å². The standard InChI is InChI=1S/C13H18N2/c1-11-7-8-14-9-12(11)10-15-13-5-3-2-4-6-13/h2-3,7-9,13,15H,4-6,10H2,1H3. The summed E-state index contributed by atoms with van der Waals surface area (Å²) < 4.78 is 0. The van der Waals surface area contributed by atoms with Gasteiger partial charge in [-0.1, -0.05) is 12.2 Å². The molecule has 80 valence electrons. The van der Waals surface area contributed by atoms with Crippen molar-refractivity contribution in [1.82, 2.24) is 10.3 Å². The highest BCUT2D eigenvalue weighted by Crippen LogP contribution is 2.12. The van der Waals surface area contributed by atoms with E-state index in [1.807, 2.05) is 12.4 Å². The third-order valence-corrected chi connectivity index (χ3v) is 3.00. The van der Waals surface area contributed by atoms with Gasteiger partial charge >= 0.3 is 0 Å². The number of nitrogens with zero attached hydrogens (tertiary/aromatic N) is 1. The summed E-state index contributed by atoms with van der Waals surface area (Å²) in [5.41, 5.74) is 2.64. The summed E-state index contributed by atoms with van der Waals surface area (Å²) in [6.07, 6.45) is 12.0. The lowest BCUT2D eigenvalue weighted by molar-refractivity contribution is 0.473. The lowest BCUT2D eigenvalue weighted by Gasteiger charge is -2.19. The first-order valence-electron chi connectivity index (χ1n) is 5.64. The third kappa shape index (κ3) is 2.90. The van der Waals surface area contributed by atoms with E-state index >= 15 is 0 Å². The van der Waals surface area contributed by atoms with E-state index in [0.29, 0.717) is 6.04 Å². The van der Waals surface area contributed by atoms with E-state index in [1.165, 1.54) is 30.4 Å². The number of hydrogen-bond acceptors (Lipinski definition) is 2. The van der Waals surface area contributed by atoms with E-state index in [-0.39, 0.29) is 0 Å². The zero-order valence-corrected chi connectivity index (χ0v) is 9.24. The van der Waals surface area contributed by atoms with Gasteiger partial charge in [0, 0.05) is 25.0 Å². The molecule has 0 aliphatic heterocycles. The maximum Gasteiger partial charge on any atom is 0.0315 e. The SMILES string of the molecule is Cc1ccncc1CNC1CC=CCC1. The van der Waals surface area contributed by atoms with Crippen LogP contribution >= 0.6 is 0 Å². The molecule has 1 aliphatic rings. The third-order valence-electron chi connectivity index (χ3n) is 3.00. The van der Waals surface area contributed by atoms with Gasteiger partial charge in [-0.25, -0.2) is 0 Å². The Morgan fingerprint density at radius 2 is 2.40 bits per heavy atom. The van der Waals surface area contributed by atoms with Gasteiger partial charge in [0.2, 0.25) is 0 Å². The number of aryl methyl sites for hydroxylation is 1. The van der Waals surface area contributed by atoms with Crippen molar-refractivity contribution in [1.29, 1.82) is 0 Å². The molecule has 1 aliphatic carbocycles. The van der Waals surface area contributed by atoms with Crippen molar-refractivity contribution in [2.45, 2.75) is 38.8 Å². The second-order valence-corrected chi connectivity index (χ2v) is 4.16. The molecule has 0 radical (unpaired) electrons. The van der Waals surface area contributed by atoms with Gasteiger partial charge in [-0.3, -0.25) is 4.98 Å². The second-order valence-electron chi connectivity index (χ2n) is 4.16. The quantitative estimate of drug-likeness (QED) is 0.762. The van der Waals surface area contributed by atoms with E-state index in [2.05, 4.69) is 35.4 Å². The first-order chi connectivity index (χ1) is 7.36. The van der Waals surface area contributed by atoms with Crippen LogP contribution in [0, 0.1) is 6.92 Å². The van der Waals surface area contributed by atoms with Gasteiger partial charge in [-0.2, -0.15) is 0 Å². The molecule has 2 rings (SSSR count). The van der Waals surface area contributed by atoms with Crippen LogP contribution < -0.4 is 5.32 Å². The Morgan fingerprint density at radius 3 is 3.13 bits per heavy atom. The predicted octanol–water partition coefficient (Wildman–Crippen LogP) is 2.59. The monoisotopic (exact) mass is 202 g/mol. The Bertz CT molecular complexity index is 344. The molecule has 2 heteroatoms. The molecule has 0 amide bonds. The highest BCUT2D eigenvalue weighted by atomic mass is 14.9. The molecular formula is C13H18N2. The number of hydrogen-bond donors (Lipinski definition) is 1. The summed E-state index contributed by atoms with van der Waals surface area (Å²) in [6.45, 7) is 3.08. The highest BCUT2D eigenvalue weighted by Gasteiger charge is 2.09. The van der Waals surface area contributed by atoms with Crippen molar-refractivity contribution in [3.05, 3.63) is 41.7 Å². The smallest absolute Gasteiger partial charge is 0.0315 e. The first kappa shape index (κ1) is 10.4. The Balaban J connectivity index is 1.87. The van der Waals surface area contributed by atoms with Gasteiger partial charge < -0.3 is 5.32 Å². The van der Waals surface area contributed by atoms with Crippen LogP contribution in [-0.4, -0.2) is 11.0 Å². The van der Waals surface area contributed by atoms with E-state index in [1.54, 1.807) is 0 Å². The van der Waals surface area contributed by atoms with E-state index in [9.17, 15) is 0 Å². The van der Waals surface area contributed by atoms with Gasteiger partial charge in [0.1, 0.15) is 0 Å². The maximum atomic E-state index is 4.16. The molecule has 0 aromatic carbocycles. The van der Waals surface area contributed by atoms with Crippen LogP contribution in [0.3, 0.4) is 0 Å². The molecule has 0 saturated carbocycles. The molecule has 1 N–H and O–H groups in total. The number of aromatic nitrogens is 1. The minimum absolute atomic E-state index is 0.648. The van der Waals surface area contributed by atoms with Crippen molar-refractivity contribution >= 4 is 0 Å². The molecule has 1 aromatic rings. The average molecular weight is 202 g/mol. The molecule has 15 heavy (non-hydrogen) atoms.